The van der Waals surface area contributed by atoms with Gasteiger partial charge in [-0.2, -0.15) is 0 Å². The van der Waals surface area contributed by atoms with E-state index < -0.39 is 0 Å². The Kier molecular flexibility index (Phi) is 2.99. The van der Waals surface area contributed by atoms with Crippen LogP contribution in [0.25, 0.3) is 10.6 Å². The Morgan fingerprint density at radius 3 is 2.57 bits per heavy atom. The highest BCUT2D eigenvalue weighted by atomic mass is 79.9. The molecule has 0 amide bonds. The molecule has 0 bridgehead atoms. The minimum atomic E-state index is 1.06. The third kappa shape index (κ3) is 2.04. The molecule has 0 saturated carbocycles. The Morgan fingerprint density at radius 1 is 1.29 bits per heavy atom. The van der Waals surface area contributed by atoms with E-state index >= 15 is 0 Å². The molecule has 0 N–H and O–H groups in total. The lowest BCUT2D eigenvalue weighted by molar-refractivity contribution is 1.17. The molecule has 2 aromatic rings. The van der Waals surface area contributed by atoms with Crippen LogP contribution in [0.3, 0.4) is 0 Å². The van der Waals surface area contributed by atoms with Gasteiger partial charge in [0.15, 0.2) is 0 Å². The van der Waals surface area contributed by atoms with Crippen molar-refractivity contribution in [2.75, 3.05) is 0 Å². The van der Waals surface area contributed by atoms with E-state index in [9.17, 15) is 0 Å². The van der Waals surface area contributed by atoms with Crippen molar-refractivity contribution in [2.24, 2.45) is 0 Å². The van der Waals surface area contributed by atoms with Crippen molar-refractivity contribution in [1.82, 2.24) is 4.98 Å². The molecule has 0 aliphatic heterocycles. The summed E-state index contributed by atoms with van der Waals surface area (Å²) in [6, 6.07) is 8.26. The SMILES string of the molecule is CCc1cnc(-c2ccc(Br)cc2)s1. The summed E-state index contributed by atoms with van der Waals surface area (Å²) in [5, 5.41) is 1.11. The van der Waals surface area contributed by atoms with Gasteiger partial charge in [-0.3, -0.25) is 0 Å². The summed E-state index contributed by atoms with van der Waals surface area (Å²) in [7, 11) is 0. The molecule has 0 radical (unpaired) electrons. The lowest BCUT2D eigenvalue weighted by atomic mass is 10.2. The predicted octanol–water partition coefficient (Wildman–Crippen LogP) is 4.14. The molecule has 0 aliphatic carbocycles. The van der Waals surface area contributed by atoms with E-state index in [1.165, 1.54) is 10.4 Å². The van der Waals surface area contributed by atoms with Gasteiger partial charge >= 0.3 is 0 Å². The van der Waals surface area contributed by atoms with Crippen molar-refractivity contribution >= 4 is 27.3 Å². The molecule has 0 aliphatic rings. The van der Waals surface area contributed by atoms with Gasteiger partial charge in [0.2, 0.25) is 0 Å². The molecule has 2 rings (SSSR count). The van der Waals surface area contributed by atoms with Gasteiger partial charge in [0.05, 0.1) is 0 Å². The minimum Gasteiger partial charge on any atom is -0.244 e. The summed E-state index contributed by atoms with van der Waals surface area (Å²) >= 11 is 5.19. The van der Waals surface area contributed by atoms with Crippen LogP contribution < -0.4 is 0 Å². The molecule has 72 valence electrons. The van der Waals surface area contributed by atoms with Crippen LogP contribution >= 0.6 is 27.3 Å². The highest BCUT2D eigenvalue weighted by Gasteiger charge is 2.02. The molecule has 0 fully saturated rings. The number of rotatable bonds is 2. The maximum absolute atomic E-state index is 4.39. The van der Waals surface area contributed by atoms with Gasteiger partial charge in [0, 0.05) is 21.1 Å². The highest BCUT2D eigenvalue weighted by Crippen LogP contribution is 2.26. The fourth-order valence-corrected chi connectivity index (χ4v) is 2.32. The summed E-state index contributed by atoms with van der Waals surface area (Å²) in [6.45, 7) is 2.15. The zero-order valence-corrected chi connectivity index (χ0v) is 10.2. The third-order valence-corrected chi connectivity index (χ3v) is 3.71. The number of hydrogen-bond acceptors (Lipinski definition) is 2. The standard InChI is InChI=1S/C11H10BrNS/c1-2-10-7-13-11(14-10)8-3-5-9(12)6-4-8/h3-7H,2H2,1H3. The maximum atomic E-state index is 4.39. The quantitative estimate of drug-likeness (QED) is 0.797. The first-order chi connectivity index (χ1) is 6.79. The van der Waals surface area contributed by atoms with Crippen LogP contribution in [0.2, 0.25) is 0 Å². The normalized spacial score (nSPS) is 10.4. The van der Waals surface area contributed by atoms with E-state index in [-0.39, 0.29) is 0 Å². The number of aromatic nitrogens is 1. The van der Waals surface area contributed by atoms with Gasteiger partial charge in [-0.05, 0) is 18.6 Å². The molecule has 1 nitrogen and oxygen atoms in total. The van der Waals surface area contributed by atoms with Gasteiger partial charge in [0.1, 0.15) is 5.01 Å². The van der Waals surface area contributed by atoms with Gasteiger partial charge < -0.3 is 0 Å². The Morgan fingerprint density at radius 2 is 2.00 bits per heavy atom. The Balaban J connectivity index is 2.34. The lowest BCUT2D eigenvalue weighted by Crippen LogP contribution is -1.73. The van der Waals surface area contributed by atoms with E-state index in [0.29, 0.717) is 0 Å². The van der Waals surface area contributed by atoms with Crippen LogP contribution in [0.4, 0.5) is 0 Å². The molecule has 0 unspecified atom stereocenters. The molecule has 1 aromatic carbocycles. The summed E-state index contributed by atoms with van der Waals surface area (Å²) in [4.78, 5) is 5.73. The van der Waals surface area contributed by atoms with Crippen LogP contribution in [0.5, 0.6) is 0 Å². The smallest absolute Gasteiger partial charge is 0.123 e. The molecule has 14 heavy (non-hydrogen) atoms. The second kappa shape index (κ2) is 4.24. The summed E-state index contributed by atoms with van der Waals surface area (Å²) < 4.78 is 1.11. The maximum Gasteiger partial charge on any atom is 0.123 e. The largest absolute Gasteiger partial charge is 0.244 e. The van der Waals surface area contributed by atoms with Gasteiger partial charge in [-0.1, -0.05) is 35.0 Å². The summed E-state index contributed by atoms with van der Waals surface area (Å²) in [5.41, 5.74) is 1.19. The monoisotopic (exact) mass is 267 g/mol. The highest BCUT2D eigenvalue weighted by molar-refractivity contribution is 9.10. The van der Waals surface area contributed by atoms with Crippen LogP contribution in [0.15, 0.2) is 34.9 Å². The van der Waals surface area contributed by atoms with E-state index in [2.05, 4.69) is 40.0 Å². The third-order valence-electron chi connectivity index (χ3n) is 1.99. The second-order valence-corrected chi connectivity index (χ2v) is 5.02. The first-order valence-corrected chi connectivity index (χ1v) is 6.11. The minimum absolute atomic E-state index is 1.06. The van der Waals surface area contributed by atoms with Crippen molar-refractivity contribution in [1.29, 1.82) is 0 Å². The number of aryl methyl sites for hydroxylation is 1. The first-order valence-electron chi connectivity index (χ1n) is 4.50. The zero-order valence-electron chi connectivity index (χ0n) is 7.83. The van der Waals surface area contributed by atoms with Crippen LogP contribution in [-0.4, -0.2) is 4.98 Å². The van der Waals surface area contributed by atoms with Crippen LogP contribution in [0.1, 0.15) is 11.8 Å². The van der Waals surface area contributed by atoms with Gasteiger partial charge in [-0.15, -0.1) is 11.3 Å². The molecular formula is C11H10BrNS. The van der Waals surface area contributed by atoms with Crippen LogP contribution in [0, 0.1) is 0 Å². The van der Waals surface area contributed by atoms with Crippen molar-refractivity contribution in [3.63, 3.8) is 0 Å². The number of benzene rings is 1. The van der Waals surface area contributed by atoms with Crippen molar-refractivity contribution in [3.8, 4) is 10.6 Å². The molecule has 1 heterocycles. The van der Waals surface area contributed by atoms with Gasteiger partial charge in [-0.25, -0.2) is 4.98 Å². The van der Waals surface area contributed by atoms with E-state index in [1.807, 2.05) is 18.3 Å². The van der Waals surface area contributed by atoms with Crippen molar-refractivity contribution in [2.45, 2.75) is 13.3 Å². The first kappa shape index (κ1) is 9.87. The Bertz CT molecular complexity index is 419. The Labute approximate surface area is 95.9 Å². The number of halogens is 1. The molecule has 0 spiro atoms. The van der Waals surface area contributed by atoms with Crippen LogP contribution in [-0.2, 0) is 6.42 Å². The summed E-state index contributed by atoms with van der Waals surface area (Å²) in [6.07, 6.45) is 3.02. The van der Waals surface area contributed by atoms with Crippen molar-refractivity contribution < 1.29 is 0 Å². The Hall–Kier alpha value is -0.670. The van der Waals surface area contributed by atoms with Crippen molar-refractivity contribution in [3.05, 3.63) is 39.8 Å². The topological polar surface area (TPSA) is 12.9 Å². The molecule has 0 atom stereocenters. The summed E-state index contributed by atoms with van der Waals surface area (Å²) in [5.74, 6) is 0. The zero-order chi connectivity index (χ0) is 9.97. The van der Waals surface area contributed by atoms with E-state index in [0.717, 1.165) is 15.9 Å². The average Bonchev–Trinajstić information content (AvgIpc) is 2.67. The molecule has 1 aromatic heterocycles. The number of thiazole rings is 1. The number of nitrogens with zero attached hydrogens (tertiary/aromatic N) is 1. The number of hydrogen-bond donors (Lipinski definition) is 0. The molecular weight excluding hydrogens is 258 g/mol. The predicted molar refractivity (Wildman–Crippen MR) is 64.6 cm³/mol. The average molecular weight is 268 g/mol. The van der Waals surface area contributed by atoms with Gasteiger partial charge in [0.25, 0.3) is 0 Å². The molecule has 0 saturated heterocycles. The fraction of sp³-hybridized carbons (Fsp3) is 0.182. The lowest BCUT2D eigenvalue weighted by Gasteiger charge is -1.95. The fourth-order valence-electron chi connectivity index (χ4n) is 1.20. The second-order valence-electron chi connectivity index (χ2n) is 2.99. The van der Waals surface area contributed by atoms with E-state index in [4.69, 9.17) is 0 Å². The molecule has 3 heteroatoms. The van der Waals surface area contributed by atoms with E-state index in [1.54, 1.807) is 11.3 Å².